The molecule has 1 amide bonds. The molecule has 0 unspecified atom stereocenters. The first-order chi connectivity index (χ1) is 11.4. The van der Waals surface area contributed by atoms with E-state index in [0.29, 0.717) is 11.5 Å². The van der Waals surface area contributed by atoms with Crippen LogP contribution in [0.5, 0.6) is 11.5 Å². The summed E-state index contributed by atoms with van der Waals surface area (Å²) in [4.78, 5) is 16.7. The molecule has 6 heteroatoms. The third-order valence-electron chi connectivity index (χ3n) is 3.89. The minimum Gasteiger partial charge on any atom is -0.493 e. The molecule has 0 saturated heterocycles. The lowest BCUT2D eigenvalue weighted by Crippen LogP contribution is -2.43. The van der Waals surface area contributed by atoms with Gasteiger partial charge >= 0.3 is 0 Å². The van der Waals surface area contributed by atoms with Crippen molar-refractivity contribution >= 4 is 17.2 Å². The molecule has 1 aromatic carbocycles. The van der Waals surface area contributed by atoms with E-state index in [1.807, 2.05) is 37.4 Å². The lowest BCUT2D eigenvalue weighted by Gasteiger charge is -2.24. The summed E-state index contributed by atoms with van der Waals surface area (Å²) in [6.45, 7) is 6.08. The van der Waals surface area contributed by atoms with Crippen molar-refractivity contribution in [3.8, 4) is 22.1 Å². The van der Waals surface area contributed by atoms with E-state index in [2.05, 4.69) is 17.2 Å². The minimum absolute atomic E-state index is 0.00832. The first-order valence-electron chi connectivity index (χ1n) is 7.86. The zero-order valence-electron chi connectivity index (χ0n) is 14.8. The zero-order valence-corrected chi connectivity index (χ0v) is 15.6. The first-order valence-corrected chi connectivity index (χ1v) is 8.74. The van der Waals surface area contributed by atoms with Crippen molar-refractivity contribution in [2.45, 2.75) is 39.2 Å². The fraction of sp³-hybridized carbons (Fsp3) is 0.444. The monoisotopic (exact) mass is 348 g/mol. The second-order valence-electron chi connectivity index (χ2n) is 6.18. The van der Waals surface area contributed by atoms with Gasteiger partial charge < -0.3 is 14.8 Å². The molecular formula is C18H24N2O3S. The summed E-state index contributed by atoms with van der Waals surface area (Å²) in [6, 6.07) is 5.68. The molecule has 0 aliphatic heterocycles. The molecule has 130 valence electrons. The Morgan fingerprint density at radius 1 is 1.25 bits per heavy atom. The molecule has 0 aliphatic rings. The first kappa shape index (κ1) is 18.3. The summed E-state index contributed by atoms with van der Waals surface area (Å²) >= 11 is 1.51. The molecule has 2 rings (SSSR count). The number of carbonyl (C=O) groups excluding carboxylic acids is 1. The predicted molar refractivity (Wildman–Crippen MR) is 96.9 cm³/mol. The fourth-order valence-corrected chi connectivity index (χ4v) is 2.98. The lowest BCUT2D eigenvalue weighted by molar-refractivity contribution is -0.122. The molecular weight excluding hydrogens is 324 g/mol. The van der Waals surface area contributed by atoms with Gasteiger partial charge in [-0.15, -0.1) is 11.3 Å². The van der Waals surface area contributed by atoms with Crippen molar-refractivity contribution in [3.63, 3.8) is 0 Å². The maximum absolute atomic E-state index is 12.1. The van der Waals surface area contributed by atoms with Gasteiger partial charge in [-0.1, -0.05) is 6.92 Å². The molecule has 0 atom stereocenters. The van der Waals surface area contributed by atoms with Crippen LogP contribution < -0.4 is 14.8 Å². The Hall–Kier alpha value is -2.08. The van der Waals surface area contributed by atoms with Gasteiger partial charge in [-0.3, -0.25) is 4.79 Å². The minimum atomic E-state index is -0.195. The molecule has 0 spiro atoms. The van der Waals surface area contributed by atoms with Crippen LogP contribution in [-0.4, -0.2) is 30.6 Å². The van der Waals surface area contributed by atoms with Crippen LogP contribution in [0.1, 0.15) is 32.9 Å². The average molecular weight is 348 g/mol. The molecule has 0 radical (unpaired) electrons. The average Bonchev–Trinajstić information content (AvgIpc) is 3.01. The molecule has 24 heavy (non-hydrogen) atoms. The maximum atomic E-state index is 12.1. The topological polar surface area (TPSA) is 60.5 Å². The van der Waals surface area contributed by atoms with E-state index in [4.69, 9.17) is 9.47 Å². The van der Waals surface area contributed by atoms with Gasteiger partial charge in [-0.25, -0.2) is 4.98 Å². The van der Waals surface area contributed by atoms with Crippen LogP contribution in [0.3, 0.4) is 0 Å². The SMILES string of the molecule is CCC(C)(C)NC(=O)Cc1csc(-c2ccc(OC)c(OC)c2)n1. The van der Waals surface area contributed by atoms with Crippen LogP contribution in [0, 0.1) is 0 Å². The second-order valence-corrected chi connectivity index (χ2v) is 7.03. The Kier molecular flexibility index (Phi) is 5.83. The summed E-state index contributed by atoms with van der Waals surface area (Å²) in [5.74, 6) is 1.33. The third kappa shape index (κ3) is 4.47. The highest BCUT2D eigenvalue weighted by Gasteiger charge is 2.19. The highest BCUT2D eigenvalue weighted by Crippen LogP contribution is 2.33. The van der Waals surface area contributed by atoms with Gasteiger partial charge in [0.25, 0.3) is 0 Å². The number of nitrogens with one attached hydrogen (secondary N) is 1. The number of amides is 1. The van der Waals surface area contributed by atoms with Crippen LogP contribution in [0.4, 0.5) is 0 Å². The van der Waals surface area contributed by atoms with Crippen LogP contribution in [0.25, 0.3) is 10.6 Å². The Morgan fingerprint density at radius 2 is 1.96 bits per heavy atom. The van der Waals surface area contributed by atoms with Gasteiger partial charge in [0.1, 0.15) is 5.01 Å². The smallest absolute Gasteiger partial charge is 0.226 e. The van der Waals surface area contributed by atoms with E-state index in [1.54, 1.807) is 14.2 Å². The third-order valence-corrected chi connectivity index (χ3v) is 4.83. The van der Waals surface area contributed by atoms with E-state index >= 15 is 0 Å². The molecule has 1 aromatic heterocycles. The number of hydrogen-bond donors (Lipinski definition) is 1. The number of methoxy groups -OCH3 is 2. The molecule has 1 N–H and O–H groups in total. The fourth-order valence-electron chi connectivity index (χ4n) is 2.16. The van der Waals surface area contributed by atoms with Crippen molar-refractivity contribution in [2.24, 2.45) is 0 Å². The van der Waals surface area contributed by atoms with Gasteiger partial charge in [0, 0.05) is 16.5 Å². The maximum Gasteiger partial charge on any atom is 0.226 e. The highest BCUT2D eigenvalue weighted by molar-refractivity contribution is 7.13. The number of aromatic nitrogens is 1. The normalized spacial score (nSPS) is 11.2. The Labute approximate surface area is 147 Å². The Bertz CT molecular complexity index is 710. The van der Waals surface area contributed by atoms with Crippen molar-refractivity contribution in [1.82, 2.24) is 10.3 Å². The van der Waals surface area contributed by atoms with Gasteiger partial charge in [-0.05, 0) is 38.5 Å². The quantitative estimate of drug-likeness (QED) is 0.829. The Balaban J connectivity index is 2.12. The number of hydrogen-bond acceptors (Lipinski definition) is 5. The van der Waals surface area contributed by atoms with Gasteiger partial charge in [-0.2, -0.15) is 0 Å². The summed E-state index contributed by atoms with van der Waals surface area (Å²) in [5, 5.41) is 5.80. The van der Waals surface area contributed by atoms with Crippen molar-refractivity contribution in [2.75, 3.05) is 14.2 Å². The van der Waals surface area contributed by atoms with Crippen LogP contribution in [-0.2, 0) is 11.2 Å². The summed E-state index contributed by atoms with van der Waals surface area (Å²) < 4.78 is 10.6. The van der Waals surface area contributed by atoms with E-state index < -0.39 is 0 Å². The zero-order chi connectivity index (χ0) is 17.7. The second kappa shape index (κ2) is 7.66. The summed E-state index contributed by atoms with van der Waals surface area (Å²) in [7, 11) is 3.21. The molecule has 0 saturated carbocycles. The highest BCUT2D eigenvalue weighted by atomic mass is 32.1. The lowest BCUT2D eigenvalue weighted by atomic mass is 10.0. The number of thiazole rings is 1. The molecule has 2 aromatic rings. The Morgan fingerprint density at radius 3 is 2.58 bits per heavy atom. The number of benzene rings is 1. The van der Waals surface area contributed by atoms with Crippen molar-refractivity contribution in [1.29, 1.82) is 0 Å². The van der Waals surface area contributed by atoms with Crippen molar-refractivity contribution in [3.05, 3.63) is 29.3 Å². The predicted octanol–water partition coefficient (Wildman–Crippen LogP) is 3.67. The number of ether oxygens (including phenoxy) is 2. The molecule has 0 fully saturated rings. The number of nitrogens with zero attached hydrogens (tertiary/aromatic N) is 1. The molecule has 1 heterocycles. The van der Waals surface area contributed by atoms with Gasteiger partial charge in [0.05, 0.1) is 26.3 Å². The van der Waals surface area contributed by atoms with E-state index in [-0.39, 0.29) is 17.9 Å². The summed E-state index contributed by atoms with van der Waals surface area (Å²) in [5.41, 5.74) is 1.52. The molecule has 5 nitrogen and oxygen atoms in total. The van der Waals surface area contributed by atoms with Crippen LogP contribution in [0.2, 0.25) is 0 Å². The van der Waals surface area contributed by atoms with E-state index in [9.17, 15) is 4.79 Å². The van der Waals surface area contributed by atoms with E-state index in [0.717, 1.165) is 22.7 Å². The standard InChI is InChI=1S/C18H24N2O3S/c1-6-18(2,3)20-16(21)10-13-11-24-17(19-13)12-7-8-14(22-4)15(9-12)23-5/h7-9,11H,6,10H2,1-5H3,(H,20,21). The van der Waals surface area contributed by atoms with Crippen molar-refractivity contribution < 1.29 is 14.3 Å². The number of rotatable bonds is 7. The molecule has 0 aliphatic carbocycles. The van der Waals surface area contributed by atoms with Crippen LogP contribution >= 0.6 is 11.3 Å². The molecule has 0 bridgehead atoms. The van der Waals surface area contributed by atoms with Gasteiger partial charge in [0.15, 0.2) is 11.5 Å². The summed E-state index contributed by atoms with van der Waals surface area (Å²) in [6.07, 6.45) is 1.17. The number of carbonyl (C=O) groups is 1. The van der Waals surface area contributed by atoms with Crippen LogP contribution in [0.15, 0.2) is 23.6 Å². The van der Waals surface area contributed by atoms with E-state index in [1.165, 1.54) is 11.3 Å². The van der Waals surface area contributed by atoms with Gasteiger partial charge in [0.2, 0.25) is 5.91 Å². The largest absolute Gasteiger partial charge is 0.493 e.